The third kappa shape index (κ3) is 3.60. The maximum atomic E-state index is 10.3. The molecule has 70 valence electrons. The van der Waals surface area contributed by atoms with Gasteiger partial charge >= 0.3 is 5.97 Å². The zero-order valence-corrected chi connectivity index (χ0v) is 7.43. The number of aliphatic carboxylic acids is 1. The van der Waals surface area contributed by atoms with E-state index in [4.69, 9.17) is 9.84 Å². The Kier molecular flexibility index (Phi) is 3.31. The monoisotopic (exact) mass is 180 g/mol. The minimum absolute atomic E-state index is 0.0227. The Morgan fingerprint density at radius 1 is 1.46 bits per heavy atom. The van der Waals surface area contributed by atoms with Crippen LogP contribution in [0.1, 0.15) is 13.3 Å². The minimum Gasteiger partial charge on any atom is -0.490 e. The first kappa shape index (κ1) is 9.58. The van der Waals surface area contributed by atoms with Crippen LogP contribution >= 0.6 is 0 Å². The summed E-state index contributed by atoms with van der Waals surface area (Å²) in [5, 5.41) is 8.48. The zero-order chi connectivity index (χ0) is 9.68. The van der Waals surface area contributed by atoms with Crippen molar-refractivity contribution in [1.29, 1.82) is 0 Å². The molecule has 1 N–H and O–H groups in total. The maximum Gasteiger partial charge on any atom is 0.307 e. The van der Waals surface area contributed by atoms with Crippen molar-refractivity contribution in [2.75, 3.05) is 0 Å². The van der Waals surface area contributed by atoms with Crippen LogP contribution in [-0.2, 0) is 4.79 Å². The highest BCUT2D eigenvalue weighted by atomic mass is 16.5. The lowest BCUT2D eigenvalue weighted by atomic mass is 10.3. The number of rotatable bonds is 4. The van der Waals surface area contributed by atoms with Crippen LogP contribution in [0.25, 0.3) is 0 Å². The molecule has 0 bridgehead atoms. The normalized spacial score (nSPS) is 12.1. The van der Waals surface area contributed by atoms with Gasteiger partial charge in [-0.1, -0.05) is 18.2 Å². The molecular formula is C10H12O3. The standard InChI is InChI=1S/C10H12O3/c1-8(7-10(11)12)13-9-5-3-2-4-6-9/h2-6,8H,7H2,1H3,(H,11,12). The molecule has 0 aliphatic carbocycles. The van der Waals surface area contributed by atoms with Gasteiger partial charge in [-0.2, -0.15) is 0 Å². The number of para-hydroxylation sites is 1. The van der Waals surface area contributed by atoms with Crippen molar-refractivity contribution in [2.24, 2.45) is 0 Å². The molecule has 0 amide bonds. The molecule has 3 nitrogen and oxygen atoms in total. The quantitative estimate of drug-likeness (QED) is 0.770. The van der Waals surface area contributed by atoms with E-state index in [1.165, 1.54) is 0 Å². The summed E-state index contributed by atoms with van der Waals surface area (Å²) >= 11 is 0. The van der Waals surface area contributed by atoms with Crippen LogP contribution in [0.5, 0.6) is 5.75 Å². The van der Waals surface area contributed by atoms with E-state index in [1.807, 2.05) is 18.2 Å². The summed E-state index contributed by atoms with van der Waals surface area (Å²) in [5.74, 6) is -0.139. The van der Waals surface area contributed by atoms with Gasteiger partial charge in [0.25, 0.3) is 0 Å². The van der Waals surface area contributed by atoms with Crippen molar-refractivity contribution in [3.63, 3.8) is 0 Å². The van der Waals surface area contributed by atoms with E-state index in [0.717, 1.165) is 0 Å². The van der Waals surface area contributed by atoms with Crippen molar-refractivity contribution in [1.82, 2.24) is 0 Å². The summed E-state index contributed by atoms with van der Waals surface area (Å²) in [6, 6.07) is 9.19. The first-order chi connectivity index (χ1) is 6.18. The van der Waals surface area contributed by atoms with Crippen LogP contribution in [0, 0.1) is 0 Å². The van der Waals surface area contributed by atoms with Crippen molar-refractivity contribution in [3.05, 3.63) is 30.3 Å². The average molecular weight is 180 g/mol. The summed E-state index contributed by atoms with van der Waals surface area (Å²) in [6.07, 6.45) is -0.269. The molecule has 0 saturated carbocycles. The molecule has 1 aromatic carbocycles. The van der Waals surface area contributed by atoms with Gasteiger partial charge in [-0.25, -0.2) is 0 Å². The van der Waals surface area contributed by atoms with Crippen LogP contribution in [0.4, 0.5) is 0 Å². The summed E-state index contributed by atoms with van der Waals surface area (Å²) in [6.45, 7) is 1.74. The van der Waals surface area contributed by atoms with Gasteiger partial charge in [0.05, 0.1) is 6.42 Å². The second-order valence-corrected chi connectivity index (χ2v) is 2.84. The van der Waals surface area contributed by atoms with E-state index in [-0.39, 0.29) is 12.5 Å². The van der Waals surface area contributed by atoms with Crippen LogP contribution < -0.4 is 4.74 Å². The summed E-state index contributed by atoms with van der Waals surface area (Å²) in [7, 11) is 0. The molecule has 1 unspecified atom stereocenters. The molecule has 1 rings (SSSR count). The first-order valence-corrected chi connectivity index (χ1v) is 4.12. The number of benzene rings is 1. The van der Waals surface area contributed by atoms with Crippen molar-refractivity contribution < 1.29 is 14.6 Å². The summed E-state index contributed by atoms with van der Waals surface area (Å²) in [4.78, 5) is 10.3. The summed E-state index contributed by atoms with van der Waals surface area (Å²) in [5.41, 5.74) is 0. The molecule has 0 fully saturated rings. The first-order valence-electron chi connectivity index (χ1n) is 4.12. The molecule has 0 spiro atoms. The predicted molar refractivity (Wildman–Crippen MR) is 48.8 cm³/mol. The number of hydrogen-bond acceptors (Lipinski definition) is 2. The van der Waals surface area contributed by atoms with Crippen molar-refractivity contribution in [2.45, 2.75) is 19.4 Å². The molecular weight excluding hydrogens is 168 g/mol. The second-order valence-electron chi connectivity index (χ2n) is 2.84. The molecule has 0 saturated heterocycles. The van der Waals surface area contributed by atoms with E-state index in [1.54, 1.807) is 19.1 Å². The second kappa shape index (κ2) is 4.50. The molecule has 1 aromatic rings. The SMILES string of the molecule is CC(CC(=O)O)Oc1ccccc1. The molecule has 0 heterocycles. The number of hydrogen-bond donors (Lipinski definition) is 1. The molecule has 0 aromatic heterocycles. The summed E-state index contributed by atoms with van der Waals surface area (Å²) < 4.78 is 5.34. The van der Waals surface area contributed by atoms with Gasteiger partial charge < -0.3 is 9.84 Å². The third-order valence-corrected chi connectivity index (χ3v) is 1.54. The fourth-order valence-corrected chi connectivity index (χ4v) is 1.02. The topological polar surface area (TPSA) is 46.5 Å². The number of carboxylic acid groups (broad SMARTS) is 1. The van der Waals surface area contributed by atoms with Gasteiger partial charge in [-0.05, 0) is 19.1 Å². The fraction of sp³-hybridized carbons (Fsp3) is 0.300. The lowest BCUT2D eigenvalue weighted by Crippen LogP contribution is -2.16. The van der Waals surface area contributed by atoms with Gasteiger partial charge in [0.1, 0.15) is 11.9 Å². The number of carbonyl (C=O) groups is 1. The average Bonchev–Trinajstić information content (AvgIpc) is 2.04. The molecule has 3 heteroatoms. The Labute approximate surface area is 77.0 Å². The highest BCUT2D eigenvalue weighted by Gasteiger charge is 2.08. The molecule has 13 heavy (non-hydrogen) atoms. The largest absolute Gasteiger partial charge is 0.490 e. The van der Waals surface area contributed by atoms with E-state index in [0.29, 0.717) is 5.75 Å². The van der Waals surface area contributed by atoms with Crippen LogP contribution in [0.15, 0.2) is 30.3 Å². The van der Waals surface area contributed by atoms with Gasteiger partial charge in [0.15, 0.2) is 0 Å². The van der Waals surface area contributed by atoms with E-state index in [2.05, 4.69) is 0 Å². The Balaban J connectivity index is 2.45. The highest BCUT2D eigenvalue weighted by Crippen LogP contribution is 2.11. The molecule has 0 aliphatic rings. The van der Waals surface area contributed by atoms with E-state index < -0.39 is 5.97 Å². The lowest BCUT2D eigenvalue weighted by Gasteiger charge is -2.11. The lowest BCUT2D eigenvalue weighted by molar-refractivity contribution is -0.138. The molecule has 1 atom stereocenters. The van der Waals surface area contributed by atoms with Crippen LogP contribution in [0.3, 0.4) is 0 Å². The molecule has 0 radical (unpaired) electrons. The van der Waals surface area contributed by atoms with Crippen molar-refractivity contribution in [3.8, 4) is 5.75 Å². The Bertz CT molecular complexity index is 269. The fourth-order valence-electron chi connectivity index (χ4n) is 1.02. The predicted octanol–water partition coefficient (Wildman–Crippen LogP) is 1.93. The number of carboxylic acids is 1. The van der Waals surface area contributed by atoms with Gasteiger partial charge in [-0.3, -0.25) is 4.79 Å². The number of ether oxygens (including phenoxy) is 1. The smallest absolute Gasteiger partial charge is 0.307 e. The van der Waals surface area contributed by atoms with Crippen LogP contribution in [-0.4, -0.2) is 17.2 Å². The van der Waals surface area contributed by atoms with Gasteiger partial charge in [0, 0.05) is 0 Å². The Morgan fingerprint density at radius 2 is 2.08 bits per heavy atom. The van der Waals surface area contributed by atoms with Gasteiger partial charge in [0.2, 0.25) is 0 Å². The van der Waals surface area contributed by atoms with E-state index >= 15 is 0 Å². The highest BCUT2D eigenvalue weighted by molar-refractivity contribution is 5.67. The Morgan fingerprint density at radius 3 is 2.62 bits per heavy atom. The van der Waals surface area contributed by atoms with Gasteiger partial charge in [-0.15, -0.1) is 0 Å². The minimum atomic E-state index is -0.844. The Hall–Kier alpha value is -1.51. The van der Waals surface area contributed by atoms with E-state index in [9.17, 15) is 4.79 Å². The van der Waals surface area contributed by atoms with Crippen LogP contribution in [0.2, 0.25) is 0 Å². The van der Waals surface area contributed by atoms with Crippen molar-refractivity contribution >= 4 is 5.97 Å². The third-order valence-electron chi connectivity index (χ3n) is 1.54. The molecule has 0 aliphatic heterocycles. The maximum absolute atomic E-state index is 10.3. The zero-order valence-electron chi connectivity index (χ0n) is 7.43.